The highest BCUT2D eigenvalue weighted by atomic mass is 16.5. The fraction of sp³-hybridized carbons (Fsp3) is 0.500. The van der Waals surface area contributed by atoms with Crippen molar-refractivity contribution >= 4 is 16.9 Å². The van der Waals surface area contributed by atoms with Crippen LogP contribution in [0.2, 0.25) is 0 Å². The first-order chi connectivity index (χ1) is 10.1. The van der Waals surface area contributed by atoms with Crippen molar-refractivity contribution in [2.24, 2.45) is 5.41 Å². The molecule has 0 fully saturated rings. The van der Waals surface area contributed by atoms with Gasteiger partial charge in [-0.1, -0.05) is 31.1 Å². The average molecular weight is 290 g/mol. The van der Waals surface area contributed by atoms with Crippen molar-refractivity contribution in [3.05, 3.63) is 30.0 Å². The molecule has 1 amide bonds. The number of rotatable bonds is 7. The average Bonchev–Trinajstić information content (AvgIpc) is 2.93. The summed E-state index contributed by atoms with van der Waals surface area (Å²) >= 11 is 0. The van der Waals surface area contributed by atoms with Crippen molar-refractivity contribution in [1.29, 1.82) is 0 Å². The number of benzene rings is 1. The molecule has 0 atom stereocenters. The topological polar surface area (TPSA) is 75.4 Å². The summed E-state index contributed by atoms with van der Waals surface area (Å²) in [6.07, 6.45) is 1.84. The molecule has 2 aromatic rings. The molecule has 1 aromatic carbocycles. The molecule has 1 aromatic heterocycles. The highest BCUT2D eigenvalue weighted by Crippen LogP contribution is 2.24. The molecule has 0 radical (unpaired) electrons. The van der Waals surface area contributed by atoms with Gasteiger partial charge in [0.25, 0.3) is 0 Å². The lowest BCUT2D eigenvalue weighted by molar-refractivity contribution is -0.121. The highest BCUT2D eigenvalue weighted by Gasteiger charge is 2.26. The van der Waals surface area contributed by atoms with E-state index in [0.717, 1.165) is 18.2 Å². The Morgan fingerprint density at radius 3 is 2.71 bits per heavy atom. The maximum Gasteiger partial charge on any atom is 0.226 e. The van der Waals surface area contributed by atoms with E-state index >= 15 is 0 Å². The summed E-state index contributed by atoms with van der Waals surface area (Å²) in [7, 11) is 0. The number of hydrogen-bond donors (Lipinski definition) is 2. The number of para-hydroxylation sites is 1. The summed E-state index contributed by atoms with van der Waals surface area (Å²) in [6, 6.07) is 7.49. The van der Waals surface area contributed by atoms with Crippen molar-refractivity contribution in [1.82, 2.24) is 10.5 Å². The van der Waals surface area contributed by atoms with Gasteiger partial charge >= 0.3 is 0 Å². The molecule has 1 heterocycles. The number of hydrogen-bond acceptors (Lipinski definition) is 4. The van der Waals surface area contributed by atoms with E-state index < -0.39 is 0 Å². The lowest BCUT2D eigenvalue weighted by Gasteiger charge is -2.29. The largest absolute Gasteiger partial charge is 0.396 e. The minimum atomic E-state index is -0.235. The number of amides is 1. The molecule has 0 unspecified atom stereocenters. The fourth-order valence-corrected chi connectivity index (χ4v) is 2.35. The van der Waals surface area contributed by atoms with Crippen LogP contribution in [0.3, 0.4) is 0 Å². The second-order valence-electron chi connectivity index (χ2n) is 5.44. The number of aromatic nitrogens is 1. The van der Waals surface area contributed by atoms with Gasteiger partial charge in [0.15, 0.2) is 5.58 Å². The van der Waals surface area contributed by atoms with Crippen molar-refractivity contribution < 1.29 is 14.4 Å². The molecule has 0 bridgehead atoms. The zero-order valence-electron chi connectivity index (χ0n) is 12.6. The van der Waals surface area contributed by atoms with Crippen molar-refractivity contribution in [2.75, 3.05) is 13.2 Å². The van der Waals surface area contributed by atoms with Gasteiger partial charge in [0.1, 0.15) is 5.69 Å². The van der Waals surface area contributed by atoms with Gasteiger partial charge in [-0.3, -0.25) is 4.79 Å². The summed E-state index contributed by atoms with van der Waals surface area (Å²) in [4.78, 5) is 12.1. The van der Waals surface area contributed by atoms with Crippen LogP contribution < -0.4 is 5.32 Å². The number of fused-ring (bicyclic) bond motifs is 1. The molecule has 0 aliphatic carbocycles. The Hall–Kier alpha value is -1.88. The van der Waals surface area contributed by atoms with E-state index in [2.05, 4.69) is 10.5 Å². The molecule has 21 heavy (non-hydrogen) atoms. The molecule has 114 valence electrons. The van der Waals surface area contributed by atoms with Crippen LogP contribution in [0.1, 0.15) is 32.4 Å². The summed E-state index contributed by atoms with van der Waals surface area (Å²) < 4.78 is 5.19. The highest BCUT2D eigenvalue weighted by molar-refractivity contribution is 5.86. The number of carbonyl (C=O) groups is 1. The van der Waals surface area contributed by atoms with E-state index in [9.17, 15) is 9.90 Å². The third-order valence-corrected chi connectivity index (χ3v) is 4.28. The standard InChI is InChI=1S/C16H22N2O3/c1-3-16(4-2,11-19)10-17-15(20)9-13-12-7-5-6-8-14(12)21-18-13/h5-8,19H,3-4,9-11H2,1-2H3,(H,17,20). The van der Waals surface area contributed by atoms with Gasteiger partial charge in [-0.25, -0.2) is 0 Å². The lowest BCUT2D eigenvalue weighted by Crippen LogP contribution is -2.40. The van der Waals surface area contributed by atoms with E-state index in [1.807, 2.05) is 38.1 Å². The normalized spacial score (nSPS) is 11.8. The van der Waals surface area contributed by atoms with Crippen LogP contribution in [-0.2, 0) is 11.2 Å². The van der Waals surface area contributed by atoms with Gasteiger partial charge in [0.05, 0.1) is 13.0 Å². The quantitative estimate of drug-likeness (QED) is 0.820. The van der Waals surface area contributed by atoms with Gasteiger partial charge in [-0.2, -0.15) is 0 Å². The van der Waals surface area contributed by atoms with Crippen LogP contribution in [-0.4, -0.2) is 29.3 Å². The van der Waals surface area contributed by atoms with Crippen LogP contribution in [0.5, 0.6) is 0 Å². The smallest absolute Gasteiger partial charge is 0.226 e. The summed E-state index contributed by atoms with van der Waals surface area (Å²) in [5, 5.41) is 17.2. The molecular weight excluding hydrogens is 268 g/mol. The Balaban J connectivity index is 1.99. The number of nitrogens with one attached hydrogen (secondary N) is 1. The molecule has 0 saturated carbocycles. The first-order valence-electron chi connectivity index (χ1n) is 7.35. The molecule has 5 heteroatoms. The minimum Gasteiger partial charge on any atom is -0.396 e. The second kappa shape index (κ2) is 6.72. The second-order valence-corrected chi connectivity index (χ2v) is 5.44. The third kappa shape index (κ3) is 3.42. The zero-order chi connectivity index (χ0) is 15.3. The Bertz CT molecular complexity index is 594. The van der Waals surface area contributed by atoms with Gasteiger partial charge in [-0.05, 0) is 25.0 Å². The SMILES string of the molecule is CCC(CC)(CO)CNC(=O)Cc1noc2ccccc12. The molecule has 5 nitrogen and oxygen atoms in total. The van der Waals surface area contributed by atoms with Crippen LogP contribution in [0.4, 0.5) is 0 Å². The Morgan fingerprint density at radius 2 is 2.05 bits per heavy atom. The predicted molar refractivity (Wildman–Crippen MR) is 80.8 cm³/mol. The number of nitrogens with zero attached hydrogens (tertiary/aromatic N) is 1. The molecule has 0 aliphatic rings. The predicted octanol–water partition coefficient (Wildman–Crippen LogP) is 2.29. The van der Waals surface area contributed by atoms with E-state index in [1.165, 1.54) is 0 Å². The lowest BCUT2D eigenvalue weighted by atomic mass is 9.83. The van der Waals surface area contributed by atoms with Gasteiger partial charge in [-0.15, -0.1) is 0 Å². The fourth-order valence-electron chi connectivity index (χ4n) is 2.35. The number of aliphatic hydroxyl groups is 1. The molecular formula is C16H22N2O3. The Labute approximate surface area is 124 Å². The van der Waals surface area contributed by atoms with Crippen molar-refractivity contribution in [3.8, 4) is 0 Å². The third-order valence-electron chi connectivity index (χ3n) is 4.28. The van der Waals surface area contributed by atoms with Gasteiger partial charge in [0, 0.05) is 17.3 Å². The van der Waals surface area contributed by atoms with Crippen LogP contribution in [0.25, 0.3) is 11.0 Å². The van der Waals surface area contributed by atoms with Crippen LogP contribution in [0, 0.1) is 5.41 Å². The van der Waals surface area contributed by atoms with Crippen LogP contribution >= 0.6 is 0 Å². The molecule has 0 spiro atoms. The van der Waals surface area contributed by atoms with E-state index in [-0.39, 0.29) is 24.3 Å². The van der Waals surface area contributed by atoms with Gasteiger partial charge in [0.2, 0.25) is 5.91 Å². The minimum absolute atomic E-state index is 0.0766. The Kier molecular flexibility index (Phi) is 4.96. The number of carbonyl (C=O) groups excluding carboxylic acids is 1. The van der Waals surface area contributed by atoms with Crippen molar-refractivity contribution in [2.45, 2.75) is 33.1 Å². The molecule has 0 saturated heterocycles. The summed E-state index contributed by atoms with van der Waals surface area (Å²) in [5.41, 5.74) is 1.10. The van der Waals surface area contributed by atoms with E-state index in [4.69, 9.17) is 4.52 Å². The Morgan fingerprint density at radius 1 is 1.33 bits per heavy atom. The number of aliphatic hydroxyl groups excluding tert-OH is 1. The van der Waals surface area contributed by atoms with E-state index in [1.54, 1.807) is 0 Å². The molecule has 2 N–H and O–H groups in total. The van der Waals surface area contributed by atoms with Gasteiger partial charge < -0.3 is 14.9 Å². The maximum absolute atomic E-state index is 12.1. The molecule has 0 aliphatic heterocycles. The maximum atomic E-state index is 12.1. The van der Waals surface area contributed by atoms with Crippen molar-refractivity contribution in [3.63, 3.8) is 0 Å². The van der Waals surface area contributed by atoms with Crippen LogP contribution in [0.15, 0.2) is 28.8 Å². The molecule has 2 rings (SSSR count). The summed E-state index contributed by atoms with van der Waals surface area (Å²) in [6.45, 7) is 4.60. The first kappa shape index (κ1) is 15.5. The summed E-state index contributed by atoms with van der Waals surface area (Å²) in [5.74, 6) is -0.103. The monoisotopic (exact) mass is 290 g/mol. The van der Waals surface area contributed by atoms with E-state index in [0.29, 0.717) is 17.8 Å². The zero-order valence-corrected chi connectivity index (χ0v) is 12.6. The first-order valence-corrected chi connectivity index (χ1v) is 7.35.